The molecule has 5 atom stereocenters. The zero-order chi connectivity index (χ0) is 13.1. The second-order valence-corrected chi connectivity index (χ2v) is 6.16. The molecule has 2 fully saturated rings. The number of ether oxygens (including phenoxy) is 1. The first-order chi connectivity index (χ1) is 8.43. The molecule has 0 spiro atoms. The third-order valence-corrected chi connectivity index (χ3v) is 5.03. The zero-order valence-electron chi connectivity index (χ0n) is 10.8. The summed E-state index contributed by atoms with van der Waals surface area (Å²) in [5.41, 5.74) is 0.171. The summed E-state index contributed by atoms with van der Waals surface area (Å²) in [5, 5.41) is 0. The van der Waals surface area contributed by atoms with Crippen molar-refractivity contribution in [1.29, 1.82) is 0 Å². The van der Waals surface area contributed by atoms with Crippen LogP contribution in [-0.2, 0) is 14.3 Å². The number of hydrogen-bond donors (Lipinski definition) is 0. The van der Waals surface area contributed by atoms with E-state index in [1.54, 1.807) is 6.08 Å². The van der Waals surface area contributed by atoms with E-state index in [2.05, 4.69) is 13.5 Å². The molecular formula is C15H18O3. The highest BCUT2D eigenvalue weighted by Crippen LogP contribution is 2.52. The van der Waals surface area contributed by atoms with E-state index in [1.165, 1.54) is 0 Å². The summed E-state index contributed by atoms with van der Waals surface area (Å²) in [4.78, 5) is 23.8. The molecule has 1 heterocycles. The largest absolute Gasteiger partial charge is 0.458 e. The number of hydrogen-bond acceptors (Lipinski definition) is 3. The average Bonchev–Trinajstić information content (AvgIpc) is 2.69. The second kappa shape index (κ2) is 3.56. The van der Waals surface area contributed by atoms with Crippen molar-refractivity contribution in [2.75, 3.05) is 0 Å². The van der Waals surface area contributed by atoms with Crippen LogP contribution in [0.2, 0.25) is 0 Å². The van der Waals surface area contributed by atoms with Crippen LogP contribution in [-0.4, -0.2) is 17.9 Å². The van der Waals surface area contributed by atoms with Crippen LogP contribution in [0.4, 0.5) is 0 Å². The molecular weight excluding hydrogens is 228 g/mol. The number of allylic oxidation sites excluding steroid dienone is 2. The number of ketones is 1. The molecule has 0 unspecified atom stereocenters. The van der Waals surface area contributed by atoms with Crippen LogP contribution >= 0.6 is 0 Å². The fourth-order valence-corrected chi connectivity index (χ4v) is 3.92. The van der Waals surface area contributed by atoms with Gasteiger partial charge in [0.2, 0.25) is 0 Å². The Labute approximate surface area is 107 Å². The Bertz CT molecular complexity index is 476. The van der Waals surface area contributed by atoms with Crippen LogP contribution in [0.15, 0.2) is 24.3 Å². The van der Waals surface area contributed by atoms with Gasteiger partial charge in [0.05, 0.1) is 0 Å². The van der Waals surface area contributed by atoms with Gasteiger partial charge in [-0.25, -0.2) is 4.79 Å². The molecule has 0 amide bonds. The lowest BCUT2D eigenvalue weighted by atomic mass is 9.69. The van der Waals surface area contributed by atoms with Gasteiger partial charge < -0.3 is 4.74 Å². The third-order valence-electron chi connectivity index (χ3n) is 5.03. The zero-order valence-corrected chi connectivity index (χ0v) is 10.8. The van der Waals surface area contributed by atoms with Crippen molar-refractivity contribution in [3.63, 3.8) is 0 Å². The van der Waals surface area contributed by atoms with Gasteiger partial charge in [0.15, 0.2) is 5.78 Å². The molecule has 3 heteroatoms. The molecule has 0 aromatic rings. The first-order valence-electron chi connectivity index (χ1n) is 6.56. The van der Waals surface area contributed by atoms with Crippen molar-refractivity contribution >= 4 is 11.8 Å². The lowest BCUT2D eigenvalue weighted by Gasteiger charge is -2.32. The van der Waals surface area contributed by atoms with Gasteiger partial charge in [-0.3, -0.25) is 4.79 Å². The van der Waals surface area contributed by atoms with Crippen molar-refractivity contribution in [1.82, 2.24) is 0 Å². The van der Waals surface area contributed by atoms with E-state index >= 15 is 0 Å². The van der Waals surface area contributed by atoms with Crippen LogP contribution in [0.5, 0.6) is 0 Å². The molecule has 3 nitrogen and oxygen atoms in total. The van der Waals surface area contributed by atoms with Gasteiger partial charge in [-0.2, -0.15) is 0 Å². The van der Waals surface area contributed by atoms with E-state index in [0.717, 1.165) is 6.42 Å². The molecule has 0 N–H and O–H groups in total. The lowest BCUT2D eigenvalue weighted by molar-refractivity contribution is -0.139. The molecule has 2 aliphatic carbocycles. The van der Waals surface area contributed by atoms with Gasteiger partial charge in [0.25, 0.3) is 0 Å². The molecule has 96 valence electrons. The SMILES string of the molecule is C=C1C(=O)O[C@@H]2C[C@@H](C)[C@@H]3C=CC(=O)[C@@]3(C)C[C@H]12. The number of carbonyl (C=O) groups excluding carboxylic acids is 2. The van der Waals surface area contributed by atoms with E-state index in [9.17, 15) is 9.59 Å². The summed E-state index contributed by atoms with van der Waals surface area (Å²) in [6.07, 6.45) is 5.18. The van der Waals surface area contributed by atoms with Gasteiger partial charge in [-0.1, -0.05) is 26.5 Å². The van der Waals surface area contributed by atoms with E-state index in [-0.39, 0.29) is 35.1 Å². The maximum absolute atomic E-state index is 12.2. The van der Waals surface area contributed by atoms with Crippen LogP contribution in [0.25, 0.3) is 0 Å². The number of esters is 1. The number of carbonyl (C=O) groups is 2. The Morgan fingerprint density at radius 3 is 2.89 bits per heavy atom. The summed E-state index contributed by atoms with van der Waals surface area (Å²) in [6, 6.07) is 0. The highest BCUT2D eigenvalue weighted by atomic mass is 16.6. The standard InChI is InChI=1S/C15H18O3/c1-8-6-12-10(9(2)14(17)18-12)7-15(3)11(8)4-5-13(15)16/h4-5,8,10-12H,2,6-7H2,1,3H3/t8-,10-,11+,12-,15+/m1/s1. The lowest BCUT2D eigenvalue weighted by Crippen LogP contribution is -2.33. The molecule has 0 bridgehead atoms. The first-order valence-corrected chi connectivity index (χ1v) is 6.56. The molecule has 3 aliphatic rings. The third kappa shape index (κ3) is 1.36. The van der Waals surface area contributed by atoms with Crippen LogP contribution in [0.3, 0.4) is 0 Å². The summed E-state index contributed by atoms with van der Waals surface area (Å²) < 4.78 is 5.40. The predicted octanol–water partition coefficient (Wildman–Crippen LogP) is 2.28. The van der Waals surface area contributed by atoms with E-state index < -0.39 is 0 Å². The maximum Gasteiger partial charge on any atom is 0.334 e. The molecule has 18 heavy (non-hydrogen) atoms. The fourth-order valence-electron chi connectivity index (χ4n) is 3.92. The Morgan fingerprint density at radius 1 is 1.44 bits per heavy atom. The smallest absolute Gasteiger partial charge is 0.334 e. The molecule has 1 aliphatic heterocycles. The van der Waals surface area contributed by atoms with Crippen molar-refractivity contribution < 1.29 is 14.3 Å². The number of rotatable bonds is 0. The van der Waals surface area contributed by atoms with Gasteiger partial charge in [0.1, 0.15) is 6.10 Å². The second-order valence-electron chi connectivity index (χ2n) is 6.16. The van der Waals surface area contributed by atoms with Crippen LogP contribution in [0, 0.1) is 23.2 Å². The Morgan fingerprint density at radius 2 is 2.17 bits per heavy atom. The van der Waals surface area contributed by atoms with Crippen molar-refractivity contribution in [2.45, 2.75) is 32.8 Å². The predicted molar refractivity (Wildman–Crippen MR) is 66.7 cm³/mol. The van der Waals surface area contributed by atoms with Gasteiger partial charge in [-0.05, 0) is 30.8 Å². The van der Waals surface area contributed by atoms with Gasteiger partial charge in [-0.15, -0.1) is 0 Å². The van der Waals surface area contributed by atoms with E-state index in [0.29, 0.717) is 17.9 Å². The highest BCUT2D eigenvalue weighted by Gasteiger charge is 2.53. The maximum atomic E-state index is 12.2. The van der Waals surface area contributed by atoms with Crippen molar-refractivity contribution in [3.8, 4) is 0 Å². The summed E-state index contributed by atoms with van der Waals surface area (Å²) in [7, 11) is 0. The molecule has 1 saturated heterocycles. The highest BCUT2D eigenvalue weighted by molar-refractivity contribution is 5.98. The molecule has 0 aromatic carbocycles. The Balaban J connectivity index is 2.00. The summed E-state index contributed by atoms with van der Waals surface area (Å²) in [6.45, 7) is 8.02. The van der Waals surface area contributed by atoms with Gasteiger partial charge in [0, 0.05) is 16.9 Å². The first kappa shape index (κ1) is 11.7. The normalized spacial score (nSPS) is 46.7. The topological polar surface area (TPSA) is 43.4 Å². The Kier molecular flexibility index (Phi) is 2.31. The van der Waals surface area contributed by atoms with Gasteiger partial charge >= 0.3 is 5.97 Å². The molecule has 3 rings (SSSR count). The van der Waals surface area contributed by atoms with Crippen molar-refractivity contribution in [2.24, 2.45) is 23.2 Å². The average molecular weight is 246 g/mol. The van der Waals surface area contributed by atoms with E-state index in [4.69, 9.17) is 4.74 Å². The van der Waals surface area contributed by atoms with Crippen molar-refractivity contribution in [3.05, 3.63) is 24.3 Å². The van der Waals surface area contributed by atoms with Crippen LogP contribution < -0.4 is 0 Å². The minimum Gasteiger partial charge on any atom is -0.458 e. The molecule has 0 aromatic heterocycles. The molecule has 0 radical (unpaired) electrons. The van der Waals surface area contributed by atoms with E-state index in [1.807, 2.05) is 13.0 Å². The summed E-state index contributed by atoms with van der Waals surface area (Å²) in [5.74, 6) is 0.539. The quantitative estimate of drug-likeness (QED) is 0.486. The molecule has 1 saturated carbocycles. The minimum atomic E-state index is -0.379. The summed E-state index contributed by atoms with van der Waals surface area (Å²) >= 11 is 0. The minimum absolute atomic E-state index is 0.0128. The number of fused-ring (bicyclic) bond motifs is 2. The van der Waals surface area contributed by atoms with Crippen LogP contribution in [0.1, 0.15) is 26.7 Å². The Hall–Kier alpha value is -1.38. The fraction of sp³-hybridized carbons (Fsp3) is 0.600. The monoisotopic (exact) mass is 246 g/mol.